The summed E-state index contributed by atoms with van der Waals surface area (Å²) in [5.74, 6) is 1.22. The Hall–Kier alpha value is -3.29. The van der Waals surface area contributed by atoms with Gasteiger partial charge in [0.25, 0.3) is 5.91 Å². The molecule has 0 aliphatic carbocycles. The van der Waals surface area contributed by atoms with Crippen LogP contribution in [0.25, 0.3) is 5.65 Å². The Labute approximate surface area is 136 Å². The third-order valence-electron chi connectivity index (χ3n) is 3.81. The van der Waals surface area contributed by atoms with Gasteiger partial charge in [-0.2, -0.15) is 5.10 Å². The van der Waals surface area contributed by atoms with Crippen molar-refractivity contribution >= 4 is 11.6 Å². The van der Waals surface area contributed by atoms with E-state index in [0.29, 0.717) is 24.2 Å². The number of nitrogens with zero attached hydrogens (tertiary/aromatic N) is 2. The Morgan fingerprint density at radius 1 is 1.25 bits per heavy atom. The second-order valence-electron chi connectivity index (χ2n) is 5.37. The van der Waals surface area contributed by atoms with Crippen LogP contribution in [-0.2, 0) is 6.42 Å². The summed E-state index contributed by atoms with van der Waals surface area (Å²) in [6, 6.07) is 8.96. The molecule has 0 spiro atoms. The lowest BCUT2D eigenvalue weighted by atomic mass is 10.1. The average molecular weight is 326 g/mol. The van der Waals surface area contributed by atoms with E-state index in [1.54, 1.807) is 12.1 Å². The van der Waals surface area contributed by atoms with Gasteiger partial charge in [0, 0.05) is 12.7 Å². The molecule has 1 aromatic carbocycles. The summed E-state index contributed by atoms with van der Waals surface area (Å²) in [6.45, 7) is 0.710. The first-order valence-electron chi connectivity index (χ1n) is 7.44. The number of nitrogens with one attached hydrogen (secondary N) is 2. The maximum absolute atomic E-state index is 12.2. The van der Waals surface area contributed by atoms with Crippen molar-refractivity contribution in [3.8, 4) is 11.5 Å². The van der Waals surface area contributed by atoms with Crippen LogP contribution in [0.4, 0.5) is 0 Å². The van der Waals surface area contributed by atoms with E-state index >= 15 is 0 Å². The Bertz CT molecular complexity index is 976. The minimum absolute atomic E-state index is 0.241. The molecule has 3 aromatic rings. The smallest absolute Gasteiger partial charge is 0.347 e. The predicted molar refractivity (Wildman–Crippen MR) is 84.4 cm³/mol. The fourth-order valence-electron chi connectivity index (χ4n) is 2.56. The van der Waals surface area contributed by atoms with Crippen LogP contribution in [0.1, 0.15) is 15.9 Å². The summed E-state index contributed by atoms with van der Waals surface area (Å²) in [5.41, 5.74) is 1.54. The molecule has 0 saturated carbocycles. The zero-order valence-electron chi connectivity index (χ0n) is 12.6. The van der Waals surface area contributed by atoms with E-state index in [-0.39, 0.29) is 18.4 Å². The van der Waals surface area contributed by atoms with Crippen molar-refractivity contribution < 1.29 is 14.3 Å². The fraction of sp³-hybridized carbons (Fsp3) is 0.188. The van der Waals surface area contributed by atoms with Crippen LogP contribution in [0.2, 0.25) is 0 Å². The van der Waals surface area contributed by atoms with Gasteiger partial charge < -0.3 is 14.8 Å². The topological polar surface area (TPSA) is 97.7 Å². The molecular weight excluding hydrogens is 312 g/mol. The molecule has 0 saturated heterocycles. The second-order valence-corrected chi connectivity index (χ2v) is 5.37. The van der Waals surface area contributed by atoms with Gasteiger partial charge in [0.1, 0.15) is 0 Å². The lowest BCUT2D eigenvalue weighted by Crippen LogP contribution is -2.26. The number of aromatic amines is 1. The van der Waals surface area contributed by atoms with E-state index in [2.05, 4.69) is 15.5 Å². The zero-order chi connectivity index (χ0) is 16.5. The molecule has 2 N–H and O–H groups in total. The van der Waals surface area contributed by atoms with Crippen LogP contribution in [-0.4, -0.2) is 33.8 Å². The molecule has 8 nitrogen and oxygen atoms in total. The van der Waals surface area contributed by atoms with Crippen LogP contribution in [0, 0.1) is 0 Å². The van der Waals surface area contributed by atoms with E-state index in [1.807, 2.05) is 18.2 Å². The first-order valence-corrected chi connectivity index (χ1v) is 7.44. The third kappa shape index (κ3) is 2.58. The van der Waals surface area contributed by atoms with Crippen LogP contribution < -0.4 is 20.5 Å². The highest BCUT2D eigenvalue weighted by Crippen LogP contribution is 2.32. The summed E-state index contributed by atoms with van der Waals surface area (Å²) in [7, 11) is 0. The molecule has 0 unspecified atom stereocenters. The van der Waals surface area contributed by atoms with E-state index in [1.165, 1.54) is 10.6 Å². The van der Waals surface area contributed by atoms with E-state index in [0.717, 1.165) is 17.1 Å². The second kappa shape index (κ2) is 5.73. The molecule has 0 bridgehead atoms. The first-order chi connectivity index (χ1) is 11.7. The van der Waals surface area contributed by atoms with Gasteiger partial charge in [0.05, 0.1) is 5.56 Å². The molecule has 0 fully saturated rings. The highest BCUT2D eigenvalue weighted by atomic mass is 16.7. The van der Waals surface area contributed by atoms with Gasteiger partial charge in [0.2, 0.25) is 6.79 Å². The lowest BCUT2D eigenvalue weighted by molar-refractivity contribution is 0.0953. The Morgan fingerprint density at radius 3 is 3.04 bits per heavy atom. The number of fused-ring (bicyclic) bond motifs is 2. The molecule has 1 amide bonds. The molecule has 1 aliphatic rings. The monoisotopic (exact) mass is 326 g/mol. The molecule has 0 atom stereocenters. The largest absolute Gasteiger partial charge is 0.454 e. The molecule has 4 rings (SSSR count). The highest BCUT2D eigenvalue weighted by molar-refractivity contribution is 5.94. The molecule has 1 aliphatic heterocycles. The van der Waals surface area contributed by atoms with Crippen molar-refractivity contribution in [3.63, 3.8) is 0 Å². The standard InChI is InChI=1S/C16H14N4O4/c21-15(11-2-4-14-18-19-16(22)20(14)8-11)17-6-5-10-1-3-12-13(7-10)24-9-23-12/h1-4,7-8H,5-6,9H2,(H,17,21)(H,19,22). The van der Waals surface area contributed by atoms with Crippen LogP contribution >= 0.6 is 0 Å². The highest BCUT2D eigenvalue weighted by Gasteiger charge is 2.13. The van der Waals surface area contributed by atoms with Crippen LogP contribution in [0.5, 0.6) is 11.5 Å². The molecule has 2 aromatic heterocycles. The summed E-state index contributed by atoms with van der Waals surface area (Å²) in [4.78, 5) is 23.7. The first kappa shape index (κ1) is 14.3. The number of H-pyrrole nitrogens is 1. The molecule has 122 valence electrons. The lowest BCUT2D eigenvalue weighted by Gasteiger charge is -2.06. The third-order valence-corrected chi connectivity index (χ3v) is 3.81. The minimum atomic E-state index is -0.375. The average Bonchev–Trinajstić information content (AvgIpc) is 3.21. The van der Waals surface area contributed by atoms with Crippen molar-refractivity contribution in [2.45, 2.75) is 6.42 Å². The number of carbonyl (C=O) groups is 1. The molecule has 3 heterocycles. The fourth-order valence-corrected chi connectivity index (χ4v) is 2.56. The predicted octanol–water partition coefficient (Wildman–Crippen LogP) is 0.724. The number of aromatic nitrogens is 3. The van der Waals surface area contributed by atoms with Crippen LogP contribution in [0.3, 0.4) is 0 Å². The summed E-state index contributed by atoms with van der Waals surface area (Å²) in [5, 5.41) is 8.99. The summed E-state index contributed by atoms with van der Waals surface area (Å²) in [6.07, 6.45) is 2.13. The van der Waals surface area contributed by atoms with Gasteiger partial charge in [-0.25, -0.2) is 14.3 Å². The number of hydrogen-bond donors (Lipinski definition) is 2. The Balaban J connectivity index is 1.40. The van der Waals surface area contributed by atoms with Crippen molar-refractivity contribution in [1.82, 2.24) is 19.9 Å². The number of amides is 1. The maximum atomic E-state index is 12.2. The van der Waals surface area contributed by atoms with Crippen molar-refractivity contribution in [3.05, 3.63) is 58.1 Å². The number of hydrogen-bond acceptors (Lipinski definition) is 5. The molecule has 24 heavy (non-hydrogen) atoms. The Morgan fingerprint density at radius 2 is 2.12 bits per heavy atom. The van der Waals surface area contributed by atoms with E-state index in [4.69, 9.17) is 9.47 Å². The molecule has 8 heteroatoms. The van der Waals surface area contributed by atoms with Gasteiger partial charge >= 0.3 is 5.69 Å². The number of rotatable bonds is 4. The van der Waals surface area contributed by atoms with Crippen molar-refractivity contribution in [1.29, 1.82) is 0 Å². The van der Waals surface area contributed by atoms with Gasteiger partial charge in [-0.05, 0) is 36.2 Å². The number of ether oxygens (including phenoxy) is 2. The van der Waals surface area contributed by atoms with Crippen LogP contribution in [0.15, 0.2) is 41.3 Å². The van der Waals surface area contributed by atoms with Gasteiger partial charge in [-0.1, -0.05) is 6.07 Å². The van der Waals surface area contributed by atoms with Crippen molar-refractivity contribution in [2.24, 2.45) is 0 Å². The summed E-state index contributed by atoms with van der Waals surface area (Å²) >= 11 is 0. The molecular formula is C16H14N4O4. The summed E-state index contributed by atoms with van der Waals surface area (Å²) < 4.78 is 11.9. The van der Waals surface area contributed by atoms with Gasteiger partial charge in [-0.3, -0.25) is 4.79 Å². The Kier molecular flexibility index (Phi) is 3.42. The van der Waals surface area contributed by atoms with Gasteiger partial charge in [0.15, 0.2) is 17.1 Å². The quantitative estimate of drug-likeness (QED) is 0.736. The number of carbonyl (C=O) groups excluding carboxylic acids is 1. The van der Waals surface area contributed by atoms with E-state index < -0.39 is 0 Å². The molecule has 0 radical (unpaired) electrons. The van der Waals surface area contributed by atoms with Crippen molar-refractivity contribution in [2.75, 3.05) is 13.3 Å². The normalized spacial score (nSPS) is 12.5. The zero-order valence-corrected chi connectivity index (χ0v) is 12.6. The van der Waals surface area contributed by atoms with E-state index in [9.17, 15) is 9.59 Å². The maximum Gasteiger partial charge on any atom is 0.347 e. The minimum Gasteiger partial charge on any atom is -0.454 e. The SMILES string of the molecule is O=C(NCCc1ccc2c(c1)OCO2)c1ccc2n[nH]c(=O)n2c1. The number of pyridine rings is 1. The number of benzene rings is 1. The van der Waals surface area contributed by atoms with Gasteiger partial charge in [-0.15, -0.1) is 0 Å².